The van der Waals surface area contributed by atoms with Crippen molar-refractivity contribution in [3.8, 4) is 0 Å². The molecule has 0 fully saturated rings. The Morgan fingerprint density at radius 1 is 0.889 bits per heavy atom. The van der Waals surface area contributed by atoms with Gasteiger partial charge in [-0.2, -0.15) is 0 Å². The van der Waals surface area contributed by atoms with E-state index in [4.69, 9.17) is 9.84 Å². The SMILES string of the molecule is C=C(CC(=O)OCCNC(=O)CCCCCCCCCCCCC)C(=O)O. The molecule has 0 saturated carbocycles. The van der Waals surface area contributed by atoms with Gasteiger partial charge in [0.25, 0.3) is 0 Å². The molecule has 0 aromatic rings. The van der Waals surface area contributed by atoms with Crippen LogP contribution in [0.5, 0.6) is 0 Å². The molecule has 0 aliphatic heterocycles. The Hall–Kier alpha value is -1.85. The van der Waals surface area contributed by atoms with Crippen LogP contribution in [0.2, 0.25) is 0 Å². The van der Waals surface area contributed by atoms with Gasteiger partial charge in [0.05, 0.1) is 13.0 Å². The zero-order chi connectivity index (χ0) is 20.3. The third-order valence-corrected chi connectivity index (χ3v) is 4.35. The molecule has 0 heterocycles. The lowest BCUT2D eigenvalue weighted by atomic mass is 10.1. The normalized spacial score (nSPS) is 10.4. The molecule has 156 valence electrons. The zero-order valence-corrected chi connectivity index (χ0v) is 16.9. The number of rotatable bonds is 18. The first-order valence-electron chi connectivity index (χ1n) is 10.3. The fraction of sp³-hybridized carbons (Fsp3) is 0.762. The van der Waals surface area contributed by atoms with Gasteiger partial charge >= 0.3 is 11.9 Å². The number of esters is 1. The van der Waals surface area contributed by atoms with Gasteiger partial charge in [-0.15, -0.1) is 0 Å². The Morgan fingerprint density at radius 3 is 1.93 bits per heavy atom. The summed E-state index contributed by atoms with van der Waals surface area (Å²) in [6.07, 6.45) is 13.8. The summed E-state index contributed by atoms with van der Waals surface area (Å²) in [6.45, 7) is 5.77. The first-order chi connectivity index (χ1) is 13.0. The molecule has 1 amide bonds. The Morgan fingerprint density at radius 2 is 1.41 bits per heavy atom. The van der Waals surface area contributed by atoms with Gasteiger partial charge in [-0.3, -0.25) is 9.59 Å². The average molecular weight is 384 g/mol. The smallest absolute Gasteiger partial charge is 0.331 e. The van der Waals surface area contributed by atoms with E-state index in [-0.39, 0.29) is 31.1 Å². The minimum atomic E-state index is -1.22. The van der Waals surface area contributed by atoms with Crippen molar-refractivity contribution in [3.05, 3.63) is 12.2 Å². The number of carbonyl (C=O) groups is 3. The molecule has 2 N–H and O–H groups in total. The molecular weight excluding hydrogens is 346 g/mol. The highest BCUT2D eigenvalue weighted by Crippen LogP contribution is 2.11. The summed E-state index contributed by atoms with van der Waals surface area (Å²) in [5, 5.41) is 11.3. The highest BCUT2D eigenvalue weighted by Gasteiger charge is 2.11. The molecule has 0 saturated heterocycles. The molecule has 27 heavy (non-hydrogen) atoms. The topological polar surface area (TPSA) is 92.7 Å². The zero-order valence-electron chi connectivity index (χ0n) is 16.9. The second-order valence-electron chi connectivity index (χ2n) is 6.94. The fourth-order valence-corrected chi connectivity index (χ4v) is 2.69. The maximum atomic E-state index is 11.7. The van der Waals surface area contributed by atoms with Crippen LogP contribution in [0.3, 0.4) is 0 Å². The molecule has 0 aliphatic rings. The molecule has 0 aromatic carbocycles. The van der Waals surface area contributed by atoms with Gasteiger partial charge in [0.2, 0.25) is 5.91 Å². The summed E-state index contributed by atoms with van der Waals surface area (Å²) in [6, 6.07) is 0. The molecule has 0 unspecified atom stereocenters. The van der Waals surface area contributed by atoms with Crippen LogP contribution >= 0.6 is 0 Å². The Balaban J connectivity index is 3.38. The van der Waals surface area contributed by atoms with Gasteiger partial charge in [0.15, 0.2) is 0 Å². The van der Waals surface area contributed by atoms with Crippen molar-refractivity contribution in [2.45, 2.75) is 90.4 Å². The molecule has 6 heteroatoms. The standard InChI is InChI=1S/C21H37NO5/c1-3-4-5-6-7-8-9-10-11-12-13-14-19(23)22-15-16-27-20(24)17-18(2)21(25)26/h2-17H2,1H3,(H,22,23)(H,25,26). The van der Waals surface area contributed by atoms with Crippen LogP contribution in [0.25, 0.3) is 0 Å². The van der Waals surface area contributed by atoms with Crippen LogP contribution in [0, 0.1) is 0 Å². The summed E-state index contributed by atoms with van der Waals surface area (Å²) in [5.74, 6) is -1.91. The minimum absolute atomic E-state index is 0.0374. The number of ether oxygens (including phenoxy) is 1. The van der Waals surface area contributed by atoms with Crippen molar-refractivity contribution in [1.82, 2.24) is 5.32 Å². The van der Waals surface area contributed by atoms with Crippen LogP contribution in [-0.2, 0) is 19.1 Å². The quantitative estimate of drug-likeness (QED) is 0.208. The molecule has 6 nitrogen and oxygen atoms in total. The molecule has 0 bridgehead atoms. The van der Waals surface area contributed by atoms with Gasteiger partial charge in [-0.1, -0.05) is 77.7 Å². The number of hydrogen-bond acceptors (Lipinski definition) is 4. The van der Waals surface area contributed by atoms with Crippen molar-refractivity contribution in [2.24, 2.45) is 0 Å². The lowest BCUT2D eigenvalue weighted by Crippen LogP contribution is -2.27. The van der Waals surface area contributed by atoms with Crippen molar-refractivity contribution >= 4 is 17.8 Å². The molecule has 0 aliphatic carbocycles. The predicted molar refractivity (Wildman–Crippen MR) is 106 cm³/mol. The van der Waals surface area contributed by atoms with E-state index < -0.39 is 11.9 Å². The van der Waals surface area contributed by atoms with Crippen molar-refractivity contribution < 1.29 is 24.2 Å². The van der Waals surface area contributed by atoms with Gasteiger partial charge in [0, 0.05) is 12.0 Å². The molecule has 0 rings (SSSR count). The van der Waals surface area contributed by atoms with Crippen LogP contribution in [0.4, 0.5) is 0 Å². The minimum Gasteiger partial charge on any atom is -0.478 e. The highest BCUT2D eigenvalue weighted by molar-refractivity contribution is 5.91. The number of carboxylic acids is 1. The summed E-state index contributed by atoms with van der Waals surface area (Å²) < 4.78 is 4.85. The van der Waals surface area contributed by atoms with E-state index in [9.17, 15) is 14.4 Å². The van der Waals surface area contributed by atoms with Gasteiger partial charge in [0.1, 0.15) is 6.61 Å². The van der Waals surface area contributed by atoms with E-state index in [0.717, 1.165) is 12.8 Å². The van der Waals surface area contributed by atoms with Gasteiger partial charge in [-0.05, 0) is 6.42 Å². The number of carbonyl (C=O) groups excluding carboxylic acids is 2. The van der Waals surface area contributed by atoms with Crippen LogP contribution in [0.15, 0.2) is 12.2 Å². The Kier molecular flexibility index (Phi) is 16.4. The van der Waals surface area contributed by atoms with Crippen LogP contribution in [0.1, 0.15) is 90.4 Å². The number of nitrogens with one attached hydrogen (secondary N) is 1. The lowest BCUT2D eigenvalue weighted by Gasteiger charge is -2.07. The summed E-state index contributed by atoms with van der Waals surface area (Å²) >= 11 is 0. The van der Waals surface area contributed by atoms with E-state index in [1.54, 1.807) is 0 Å². The maximum Gasteiger partial charge on any atom is 0.331 e. The number of hydrogen-bond donors (Lipinski definition) is 2. The summed E-state index contributed by atoms with van der Waals surface area (Å²) in [4.78, 5) is 33.5. The Bertz CT molecular complexity index is 448. The van der Waals surface area contributed by atoms with E-state index in [0.29, 0.717) is 6.42 Å². The van der Waals surface area contributed by atoms with E-state index in [1.165, 1.54) is 57.8 Å². The first-order valence-corrected chi connectivity index (χ1v) is 10.3. The van der Waals surface area contributed by atoms with Gasteiger partial charge < -0.3 is 15.2 Å². The predicted octanol–water partition coefficient (Wildman–Crippen LogP) is 4.38. The fourth-order valence-electron chi connectivity index (χ4n) is 2.69. The third kappa shape index (κ3) is 17.3. The monoisotopic (exact) mass is 383 g/mol. The van der Waals surface area contributed by atoms with Crippen molar-refractivity contribution in [1.29, 1.82) is 0 Å². The largest absolute Gasteiger partial charge is 0.478 e. The summed E-state index contributed by atoms with van der Waals surface area (Å²) in [7, 11) is 0. The number of unbranched alkanes of at least 4 members (excludes halogenated alkanes) is 10. The second kappa shape index (κ2) is 17.6. The number of amides is 1. The van der Waals surface area contributed by atoms with E-state index in [1.807, 2.05) is 0 Å². The number of aliphatic carboxylic acids is 1. The molecule has 0 spiro atoms. The van der Waals surface area contributed by atoms with Crippen LogP contribution in [-0.4, -0.2) is 36.1 Å². The Labute approximate surface area is 163 Å². The summed E-state index contributed by atoms with van der Waals surface area (Å²) in [5.41, 5.74) is -0.208. The number of carboxylic acid groups (broad SMARTS) is 1. The van der Waals surface area contributed by atoms with E-state index in [2.05, 4.69) is 18.8 Å². The third-order valence-electron chi connectivity index (χ3n) is 4.35. The molecule has 0 radical (unpaired) electrons. The molecule has 0 aromatic heterocycles. The van der Waals surface area contributed by atoms with Gasteiger partial charge in [-0.25, -0.2) is 4.79 Å². The highest BCUT2D eigenvalue weighted by atomic mass is 16.5. The van der Waals surface area contributed by atoms with Crippen LogP contribution < -0.4 is 5.32 Å². The van der Waals surface area contributed by atoms with E-state index >= 15 is 0 Å². The maximum absolute atomic E-state index is 11.7. The molecule has 0 atom stereocenters. The lowest BCUT2D eigenvalue weighted by molar-refractivity contribution is -0.144. The molecular formula is C21H37NO5. The first kappa shape index (κ1) is 25.1. The average Bonchev–Trinajstić information content (AvgIpc) is 2.63. The van der Waals surface area contributed by atoms with Crippen molar-refractivity contribution in [3.63, 3.8) is 0 Å². The van der Waals surface area contributed by atoms with Crippen molar-refractivity contribution in [2.75, 3.05) is 13.2 Å². The second-order valence-corrected chi connectivity index (χ2v) is 6.94.